The van der Waals surface area contributed by atoms with E-state index in [1.54, 1.807) is 42.5 Å². The van der Waals surface area contributed by atoms with Gasteiger partial charge in [-0.2, -0.15) is 0 Å². The Morgan fingerprint density at radius 2 is 1.59 bits per heavy atom. The molecule has 0 unspecified atom stereocenters. The topological polar surface area (TPSA) is 76.1 Å². The smallest absolute Gasteiger partial charge is 0.194 e. The van der Waals surface area contributed by atoms with Gasteiger partial charge in [0.2, 0.25) is 0 Å². The van der Waals surface area contributed by atoms with Crippen molar-refractivity contribution in [2.75, 3.05) is 39.5 Å². The van der Waals surface area contributed by atoms with Crippen LogP contribution < -0.4 is 4.74 Å². The second-order valence-electron chi connectivity index (χ2n) is 6.79. The molecule has 6 nitrogen and oxygen atoms in total. The molecule has 1 heterocycles. The molecule has 1 fully saturated rings. The molecule has 6 heteroatoms. The van der Waals surface area contributed by atoms with Crippen molar-refractivity contribution in [1.82, 2.24) is 4.90 Å². The molecule has 0 bridgehead atoms. The van der Waals surface area contributed by atoms with Crippen LogP contribution in [0, 0.1) is 0 Å². The zero-order chi connectivity index (χ0) is 18.8. The first-order chi connectivity index (χ1) is 13.1. The number of rotatable bonds is 5. The Balaban J connectivity index is 1.45. The summed E-state index contributed by atoms with van der Waals surface area (Å²) in [7, 11) is 0. The van der Waals surface area contributed by atoms with Crippen molar-refractivity contribution >= 4 is 11.6 Å². The summed E-state index contributed by atoms with van der Waals surface area (Å²) >= 11 is 0. The number of benzene rings is 2. The third kappa shape index (κ3) is 3.64. The van der Waals surface area contributed by atoms with Gasteiger partial charge >= 0.3 is 0 Å². The summed E-state index contributed by atoms with van der Waals surface area (Å²) in [5.41, 5.74) is 1.59. The monoisotopic (exact) mass is 367 g/mol. The van der Waals surface area contributed by atoms with Crippen LogP contribution in [0.5, 0.6) is 5.75 Å². The molecule has 0 radical (unpaired) electrons. The van der Waals surface area contributed by atoms with Crippen LogP contribution in [0.4, 0.5) is 0 Å². The molecule has 2 aliphatic rings. The zero-order valence-corrected chi connectivity index (χ0v) is 14.9. The van der Waals surface area contributed by atoms with Gasteiger partial charge in [-0.3, -0.25) is 14.5 Å². The van der Waals surface area contributed by atoms with Crippen molar-refractivity contribution in [3.8, 4) is 5.75 Å². The third-order valence-corrected chi connectivity index (χ3v) is 4.91. The molecule has 27 heavy (non-hydrogen) atoms. The number of β-amino-alcohol motifs (C(OH)–C–C–N with tert-alkyl or cyclic N) is 1. The van der Waals surface area contributed by atoms with Crippen molar-refractivity contribution in [3.63, 3.8) is 0 Å². The average molecular weight is 367 g/mol. The summed E-state index contributed by atoms with van der Waals surface area (Å²) in [5, 5.41) is 10.2. The fourth-order valence-corrected chi connectivity index (χ4v) is 3.50. The summed E-state index contributed by atoms with van der Waals surface area (Å²) < 4.78 is 11.0. The number of ketones is 2. The van der Waals surface area contributed by atoms with Gasteiger partial charge in [-0.15, -0.1) is 0 Å². The fourth-order valence-electron chi connectivity index (χ4n) is 3.50. The number of nitrogens with zero attached hydrogens (tertiary/aromatic N) is 1. The quantitative estimate of drug-likeness (QED) is 0.737. The summed E-state index contributed by atoms with van der Waals surface area (Å²) in [6, 6.07) is 11.7. The average Bonchev–Trinajstić information content (AvgIpc) is 2.71. The predicted molar refractivity (Wildman–Crippen MR) is 98.5 cm³/mol. The number of hydrogen-bond donors (Lipinski definition) is 1. The molecular formula is C21H21NO5. The summed E-state index contributed by atoms with van der Waals surface area (Å²) in [5.74, 6) is 0.133. The minimum Gasteiger partial charge on any atom is -0.491 e. The Hall–Kier alpha value is -2.54. The lowest BCUT2D eigenvalue weighted by atomic mass is 9.84. The van der Waals surface area contributed by atoms with Crippen LogP contribution in [0.1, 0.15) is 31.8 Å². The summed E-state index contributed by atoms with van der Waals surface area (Å²) in [4.78, 5) is 27.5. The minimum atomic E-state index is -0.641. The molecule has 0 saturated carbocycles. The van der Waals surface area contributed by atoms with Crippen molar-refractivity contribution < 1.29 is 24.2 Å². The molecule has 2 aromatic rings. The number of carbonyl (C=O) groups is 2. The Morgan fingerprint density at radius 1 is 0.963 bits per heavy atom. The summed E-state index contributed by atoms with van der Waals surface area (Å²) in [6.45, 7) is 3.58. The normalized spacial score (nSPS) is 18.0. The van der Waals surface area contributed by atoms with E-state index in [4.69, 9.17) is 9.47 Å². The Kier molecular flexibility index (Phi) is 5.03. The van der Waals surface area contributed by atoms with Crippen LogP contribution in [0.15, 0.2) is 42.5 Å². The minimum absolute atomic E-state index is 0.120. The molecule has 1 saturated heterocycles. The van der Waals surface area contributed by atoms with Crippen molar-refractivity contribution in [3.05, 3.63) is 64.7 Å². The molecule has 2 aromatic carbocycles. The highest BCUT2D eigenvalue weighted by atomic mass is 16.5. The van der Waals surface area contributed by atoms with E-state index in [1.807, 2.05) is 0 Å². The van der Waals surface area contributed by atoms with Gasteiger partial charge < -0.3 is 14.6 Å². The summed E-state index contributed by atoms with van der Waals surface area (Å²) in [6.07, 6.45) is -0.641. The van der Waals surface area contributed by atoms with Gasteiger partial charge in [0, 0.05) is 41.9 Å². The molecule has 1 N–H and O–H groups in total. The van der Waals surface area contributed by atoms with Crippen LogP contribution in [0.25, 0.3) is 0 Å². The third-order valence-electron chi connectivity index (χ3n) is 4.91. The van der Waals surface area contributed by atoms with Gasteiger partial charge in [-0.05, 0) is 18.2 Å². The highest BCUT2D eigenvalue weighted by Gasteiger charge is 2.29. The number of hydrogen-bond acceptors (Lipinski definition) is 6. The number of aliphatic hydroxyl groups is 1. The SMILES string of the molecule is O=C1c2ccccc2C(=O)c2cc(OC[C@H](O)CN3CCOCC3)ccc21. The molecule has 1 aliphatic heterocycles. The second-order valence-corrected chi connectivity index (χ2v) is 6.79. The largest absolute Gasteiger partial charge is 0.491 e. The van der Waals surface area contributed by atoms with Crippen LogP contribution in [-0.4, -0.2) is 67.1 Å². The number of carbonyl (C=O) groups excluding carboxylic acids is 2. The van der Waals surface area contributed by atoms with E-state index in [1.165, 1.54) is 0 Å². The first kappa shape index (κ1) is 17.9. The molecular weight excluding hydrogens is 346 g/mol. The number of ether oxygens (including phenoxy) is 2. The number of aliphatic hydroxyl groups excluding tert-OH is 1. The highest BCUT2D eigenvalue weighted by molar-refractivity contribution is 6.28. The highest BCUT2D eigenvalue weighted by Crippen LogP contribution is 2.29. The maximum Gasteiger partial charge on any atom is 0.194 e. The second kappa shape index (κ2) is 7.60. The standard InChI is InChI=1S/C21H21NO5/c23-14(12-22-7-9-26-10-8-22)13-27-15-5-6-18-19(11-15)21(25)17-4-2-1-3-16(17)20(18)24/h1-6,11,14,23H,7-10,12-13H2/t14-/m1/s1. The van der Waals surface area contributed by atoms with Crippen LogP contribution >= 0.6 is 0 Å². The van der Waals surface area contributed by atoms with E-state index >= 15 is 0 Å². The van der Waals surface area contributed by atoms with Gasteiger partial charge in [-0.1, -0.05) is 24.3 Å². The Bertz CT molecular complexity index is 873. The molecule has 140 valence electrons. The van der Waals surface area contributed by atoms with Gasteiger partial charge in [0.15, 0.2) is 11.6 Å². The molecule has 0 aromatic heterocycles. The fraction of sp³-hybridized carbons (Fsp3) is 0.333. The van der Waals surface area contributed by atoms with Crippen molar-refractivity contribution in [1.29, 1.82) is 0 Å². The number of fused-ring (bicyclic) bond motifs is 2. The predicted octanol–water partition coefficient (Wildman–Crippen LogP) is 1.53. The first-order valence-corrected chi connectivity index (χ1v) is 9.07. The molecule has 1 aliphatic carbocycles. The van der Waals surface area contributed by atoms with Gasteiger partial charge in [0.1, 0.15) is 18.5 Å². The van der Waals surface area contributed by atoms with Gasteiger partial charge in [-0.25, -0.2) is 0 Å². The molecule has 0 spiro atoms. The lowest BCUT2D eigenvalue weighted by molar-refractivity contribution is 0.00465. The van der Waals surface area contributed by atoms with Crippen molar-refractivity contribution in [2.24, 2.45) is 0 Å². The Labute approximate surface area is 157 Å². The lowest BCUT2D eigenvalue weighted by Gasteiger charge is -2.28. The van der Waals surface area contributed by atoms with Crippen LogP contribution in [0.2, 0.25) is 0 Å². The van der Waals surface area contributed by atoms with Gasteiger partial charge in [0.25, 0.3) is 0 Å². The van der Waals surface area contributed by atoms with E-state index in [9.17, 15) is 14.7 Å². The van der Waals surface area contributed by atoms with E-state index in [-0.39, 0.29) is 18.2 Å². The van der Waals surface area contributed by atoms with E-state index in [0.29, 0.717) is 47.8 Å². The van der Waals surface area contributed by atoms with Gasteiger partial charge in [0.05, 0.1) is 13.2 Å². The van der Waals surface area contributed by atoms with E-state index in [0.717, 1.165) is 13.1 Å². The zero-order valence-electron chi connectivity index (χ0n) is 14.9. The molecule has 4 rings (SSSR count). The molecule has 1 atom stereocenters. The first-order valence-electron chi connectivity index (χ1n) is 9.07. The van der Waals surface area contributed by atoms with E-state index in [2.05, 4.69) is 4.90 Å². The number of morpholine rings is 1. The molecule has 0 amide bonds. The van der Waals surface area contributed by atoms with Crippen LogP contribution in [-0.2, 0) is 4.74 Å². The maximum atomic E-state index is 12.7. The maximum absolute atomic E-state index is 12.7. The Morgan fingerprint density at radius 3 is 2.30 bits per heavy atom. The van der Waals surface area contributed by atoms with Crippen molar-refractivity contribution in [2.45, 2.75) is 6.10 Å². The van der Waals surface area contributed by atoms with E-state index < -0.39 is 6.10 Å². The lowest BCUT2D eigenvalue weighted by Crippen LogP contribution is -2.42. The van der Waals surface area contributed by atoms with Crippen LogP contribution in [0.3, 0.4) is 0 Å².